The summed E-state index contributed by atoms with van der Waals surface area (Å²) >= 11 is 0. The Kier molecular flexibility index (Phi) is 4.01. The molecule has 5 N–H and O–H groups in total. The van der Waals surface area contributed by atoms with E-state index in [0.29, 0.717) is 12.2 Å². The Morgan fingerprint density at radius 3 is 2.79 bits per heavy atom. The highest BCUT2D eigenvalue weighted by atomic mass is 16.3. The molecule has 0 spiro atoms. The number of hydrogen-bond donors (Lipinski definition) is 4. The zero-order valence-electron chi connectivity index (χ0n) is 10.8. The molecule has 0 aliphatic heterocycles. The van der Waals surface area contributed by atoms with E-state index in [1.807, 2.05) is 0 Å². The molecule has 102 valence electrons. The van der Waals surface area contributed by atoms with Crippen molar-refractivity contribution in [1.82, 2.24) is 15.2 Å². The van der Waals surface area contributed by atoms with Crippen molar-refractivity contribution < 1.29 is 10.2 Å². The Labute approximate surface area is 111 Å². The summed E-state index contributed by atoms with van der Waals surface area (Å²) in [6.07, 6.45) is 2.34. The molecule has 6 nitrogen and oxygen atoms in total. The molecule has 0 bridgehead atoms. The molecule has 0 saturated heterocycles. The molecular formula is C13H18N4O2. The first-order valence-corrected chi connectivity index (χ1v) is 6.27. The number of hydrogen-bond acceptors (Lipinski definition) is 5. The number of nitrogens with one attached hydrogen (secondary N) is 1. The lowest BCUT2D eigenvalue weighted by molar-refractivity contribution is 0.403. The first kappa shape index (κ1) is 13.4. The van der Waals surface area contributed by atoms with Crippen LogP contribution in [-0.2, 0) is 12.8 Å². The molecule has 0 fully saturated rings. The van der Waals surface area contributed by atoms with E-state index in [0.717, 1.165) is 24.2 Å². The fourth-order valence-corrected chi connectivity index (χ4v) is 1.87. The van der Waals surface area contributed by atoms with Crippen molar-refractivity contribution in [3.05, 3.63) is 35.4 Å². The molecule has 1 heterocycles. The van der Waals surface area contributed by atoms with Gasteiger partial charge in [-0.2, -0.15) is 5.10 Å². The molecule has 0 saturated carbocycles. The molecule has 0 amide bonds. The van der Waals surface area contributed by atoms with E-state index in [-0.39, 0.29) is 17.5 Å². The van der Waals surface area contributed by atoms with E-state index >= 15 is 0 Å². The minimum Gasteiger partial charge on any atom is -0.504 e. The maximum Gasteiger partial charge on any atom is 0.167 e. The summed E-state index contributed by atoms with van der Waals surface area (Å²) < 4.78 is 0. The second kappa shape index (κ2) is 5.71. The van der Waals surface area contributed by atoms with Crippen LogP contribution in [0.25, 0.3) is 0 Å². The summed E-state index contributed by atoms with van der Waals surface area (Å²) in [5, 5.41) is 25.6. The normalized spacial score (nSPS) is 12.5. The van der Waals surface area contributed by atoms with Gasteiger partial charge in [-0.3, -0.25) is 5.10 Å². The summed E-state index contributed by atoms with van der Waals surface area (Å²) in [7, 11) is 0. The van der Waals surface area contributed by atoms with Gasteiger partial charge in [-0.15, -0.1) is 0 Å². The first-order chi connectivity index (χ1) is 9.10. The van der Waals surface area contributed by atoms with Crippen molar-refractivity contribution in [2.45, 2.75) is 32.2 Å². The summed E-state index contributed by atoms with van der Waals surface area (Å²) in [4.78, 5) is 4.33. The van der Waals surface area contributed by atoms with Gasteiger partial charge in [0.1, 0.15) is 5.82 Å². The number of phenols is 2. The van der Waals surface area contributed by atoms with E-state index in [1.165, 1.54) is 12.1 Å². The van der Waals surface area contributed by atoms with Crippen LogP contribution in [0.3, 0.4) is 0 Å². The van der Waals surface area contributed by atoms with Crippen molar-refractivity contribution in [2.24, 2.45) is 5.73 Å². The maximum atomic E-state index is 9.43. The molecule has 19 heavy (non-hydrogen) atoms. The largest absolute Gasteiger partial charge is 0.504 e. The van der Waals surface area contributed by atoms with Gasteiger partial charge in [0, 0.05) is 6.42 Å². The fraction of sp³-hybridized carbons (Fsp3) is 0.385. The number of nitrogens with two attached hydrogens (primary N) is 1. The topological polar surface area (TPSA) is 108 Å². The Bertz CT molecular complexity index is 553. The lowest BCUT2D eigenvalue weighted by Gasteiger charge is -2.08. The van der Waals surface area contributed by atoms with Gasteiger partial charge in [-0.25, -0.2) is 4.98 Å². The monoisotopic (exact) mass is 262 g/mol. The quantitative estimate of drug-likeness (QED) is 0.609. The van der Waals surface area contributed by atoms with Crippen molar-refractivity contribution in [3.63, 3.8) is 0 Å². The molecule has 1 atom stereocenters. The molecule has 0 aliphatic rings. The number of phenolic OH excluding ortho intramolecular Hbond substituents is 2. The van der Waals surface area contributed by atoms with Crippen molar-refractivity contribution in [3.8, 4) is 11.5 Å². The maximum absolute atomic E-state index is 9.43. The van der Waals surface area contributed by atoms with Gasteiger partial charge >= 0.3 is 0 Å². The lowest BCUT2D eigenvalue weighted by atomic mass is 10.1. The van der Waals surface area contributed by atoms with Gasteiger partial charge in [-0.1, -0.05) is 13.0 Å². The highest BCUT2D eigenvalue weighted by Crippen LogP contribution is 2.26. The number of aryl methyl sites for hydroxylation is 1. The average Bonchev–Trinajstić information content (AvgIpc) is 2.83. The highest BCUT2D eigenvalue weighted by Gasteiger charge is 2.13. The van der Waals surface area contributed by atoms with Crippen LogP contribution in [0, 0.1) is 0 Å². The van der Waals surface area contributed by atoms with E-state index in [2.05, 4.69) is 22.1 Å². The smallest absolute Gasteiger partial charge is 0.167 e. The van der Waals surface area contributed by atoms with Gasteiger partial charge in [0.15, 0.2) is 17.3 Å². The molecule has 0 aliphatic carbocycles. The lowest BCUT2D eigenvalue weighted by Crippen LogP contribution is -2.15. The molecule has 0 radical (unpaired) electrons. The zero-order valence-corrected chi connectivity index (χ0v) is 10.8. The predicted octanol–water partition coefficient (Wildman–Crippen LogP) is 1.41. The van der Waals surface area contributed by atoms with Crippen LogP contribution in [0.15, 0.2) is 18.2 Å². The summed E-state index contributed by atoms with van der Waals surface area (Å²) in [6, 6.07) is 4.31. The number of rotatable bonds is 5. The number of aromatic amines is 1. The Morgan fingerprint density at radius 2 is 2.11 bits per heavy atom. The number of aromatic nitrogens is 3. The standard InChI is InChI=1S/C13H18N4O2/c1-2-3-12-15-13(17-16-12)9(14)6-8-4-5-10(18)11(19)7-8/h4-5,7,9,18-19H,2-3,6,14H2,1H3,(H,15,16,17). The Hall–Kier alpha value is -2.08. The van der Waals surface area contributed by atoms with Crippen LogP contribution in [-0.4, -0.2) is 25.4 Å². The fourth-order valence-electron chi connectivity index (χ4n) is 1.87. The first-order valence-electron chi connectivity index (χ1n) is 6.27. The van der Waals surface area contributed by atoms with E-state index < -0.39 is 0 Å². The van der Waals surface area contributed by atoms with Gasteiger partial charge < -0.3 is 15.9 Å². The SMILES string of the molecule is CCCc1nc(C(N)Cc2ccc(O)c(O)c2)n[nH]1. The third-order valence-corrected chi connectivity index (χ3v) is 2.86. The Balaban J connectivity index is 2.06. The van der Waals surface area contributed by atoms with Crippen LogP contribution in [0.5, 0.6) is 11.5 Å². The average molecular weight is 262 g/mol. The third kappa shape index (κ3) is 3.23. The third-order valence-electron chi connectivity index (χ3n) is 2.86. The highest BCUT2D eigenvalue weighted by molar-refractivity contribution is 5.40. The summed E-state index contributed by atoms with van der Waals surface area (Å²) in [5.74, 6) is 1.12. The summed E-state index contributed by atoms with van der Waals surface area (Å²) in [6.45, 7) is 2.07. The second-order valence-corrected chi connectivity index (χ2v) is 4.52. The van der Waals surface area contributed by atoms with E-state index in [1.54, 1.807) is 6.07 Å². The molecular weight excluding hydrogens is 244 g/mol. The van der Waals surface area contributed by atoms with Gasteiger partial charge in [-0.05, 0) is 30.5 Å². The zero-order chi connectivity index (χ0) is 13.8. The second-order valence-electron chi connectivity index (χ2n) is 4.52. The van der Waals surface area contributed by atoms with Gasteiger partial charge in [0.2, 0.25) is 0 Å². The molecule has 2 aromatic rings. The molecule has 2 rings (SSSR count). The van der Waals surface area contributed by atoms with Gasteiger partial charge in [0.25, 0.3) is 0 Å². The van der Waals surface area contributed by atoms with Crippen LogP contribution < -0.4 is 5.73 Å². The number of H-pyrrole nitrogens is 1. The molecule has 6 heteroatoms. The van der Waals surface area contributed by atoms with Crippen molar-refractivity contribution in [1.29, 1.82) is 0 Å². The number of nitrogens with zero attached hydrogens (tertiary/aromatic N) is 2. The summed E-state index contributed by atoms with van der Waals surface area (Å²) in [5.41, 5.74) is 6.86. The molecule has 1 unspecified atom stereocenters. The van der Waals surface area contributed by atoms with Crippen LogP contribution >= 0.6 is 0 Å². The number of aromatic hydroxyl groups is 2. The predicted molar refractivity (Wildman–Crippen MR) is 70.8 cm³/mol. The van der Waals surface area contributed by atoms with Crippen molar-refractivity contribution >= 4 is 0 Å². The minimum absolute atomic E-state index is 0.138. The minimum atomic E-state index is -0.342. The molecule has 1 aromatic heterocycles. The van der Waals surface area contributed by atoms with Gasteiger partial charge in [0.05, 0.1) is 6.04 Å². The van der Waals surface area contributed by atoms with Crippen LogP contribution in [0.2, 0.25) is 0 Å². The Morgan fingerprint density at radius 1 is 1.32 bits per heavy atom. The van der Waals surface area contributed by atoms with E-state index in [9.17, 15) is 10.2 Å². The van der Waals surface area contributed by atoms with E-state index in [4.69, 9.17) is 5.73 Å². The van der Waals surface area contributed by atoms with Crippen LogP contribution in [0.1, 0.15) is 36.6 Å². The molecule has 1 aromatic carbocycles. The van der Waals surface area contributed by atoms with Crippen LogP contribution in [0.4, 0.5) is 0 Å². The number of benzene rings is 1. The van der Waals surface area contributed by atoms with Crippen molar-refractivity contribution in [2.75, 3.05) is 0 Å².